The van der Waals surface area contributed by atoms with E-state index >= 15 is 0 Å². The number of aromatic nitrogens is 2. The van der Waals surface area contributed by atoms with Gasteiger partial charge in [-0.2, -0.15) is 0 Å². The van der Waals surface area contributed by atoms with Gasteiger partial charge in [0, 0.05) is 30.9 Å². The van der Waals surface area contributed by atoms with Crippen molar-refractivity contribution in [3.63, 3.8) is 0 Å². The Labute approximate surface area is 105 Å². The van der Waals surface area contributed by atoms with Crippen LogP contribution in [0.5, 0.6) is 0 Å². The van der Waals surface area contributed by atoms with E-state index in [1.54, 1.807) is 6.20 Å². The first-order valence-electron chi connectivity index (χ1n) is 5.39. The molecule has 1 aromatic carbocycles. The van der Waals surface area contributed by atoms with Crippen LogP contribution in [0.1, 0.15) is 17.4 Å². The average Bonchev–Trinajstić information content (AvgIpc) is 2.73. The maximum absolute atomic E-state index is 6.15. The Morgan fingerprint density at radius 3 is 2.82 bits per heavy atom. The fraction of sp³-hybridized carbons (Fsp3) is 0.250. The fourth-order valence-corrected chi connectivity index (χ4v) is 2.06. The first-order valence-corrected chi connectivity index (χ1v) is 5.77. The topological polar surface area (TPSA) is 55.9 Å². The molecular weight excluding hydrogens is 236 g/mol. The van der Waals surface area contributed by atoms with Crippen LogP contribution >= 0.6 is 11.6 Å². The summed E-state index contributed by atoms with van der Waals surface area (Å²) < 4.78 is 1.97. The molecule has 90 valence electrons. The zero-order chi connectivity index (χ0) is 12.3. The number of rotatable bonds is 4. The van der Waals surface area contributed by atoms with Gasteiger partial charge in [-0.3, -0.25) is 11.3 Å². The number of hydrogen-bond acceptors (Lipinski definition) is 3. The molecule has 0 bridgehead atoms. The minimum atomic E-state index is -0.0372. The molecule has 0 saturated carbocycles. The van der Waals surface area contributed by atoms with Crippen molar-refractivity contribution in [1.82, 2.24) is 15.0 Å². The van der Waals surface area contributed by atoms with Gasteiger partial charge in [0.2, 0.25) is 0 Å². The van der Waals surface area contributed by atoms with Gasteiger partial charge in [-0.1, -0.05) is 29.8 Å². The Morgan fingerprint density at radius 1 is 1.47 bits per heavy atom. The molecule has 2 aromatic rings. The van der Waals surface area contributed by atoms with Crippen molar-refractivity contribution in [3.8, 4) is 0 Å². The highest BCUT2D eigenvalue weighted by atomic mass is 35.5. The first kappa shape index (κ1) is 12.1. The summed E-state index contributed by atoms with van der Waals surface area (Å²) in [6.07, 6.45) is 4.38. The molecule has 0 saturated heterocycles. The van der Waals surface area contributed by atoms with Gasteiger partial charge in [-0.15, -0.1) is 0 Å². The van der Waals surface area contributed by atoms with Crippen LogP contribution in [0.25, 0.3) is 0 Å². The van der Waals surface area contributed by atoms with Crippen molar-refractivity contribution in [1.29, 1.82) is 0 Å². The third-order valence-corrected chi connectivity index (χ3v) is 3.13. The fourth-order valence-electron chi connectivity index (χ4n) is 1.79. The van der Waals surface area contributed by atoms with E-state index in [4.69, 9.17) is 17.4 Å². The van der Waals surface area contributed by atoms with E-state index in [1.165, 1.54) is 0 Å². The van der Waals surface area contributed by atoms with Crippen LogP contribution < -0.4 is 11.3 Å². The highest BCUT2D eigenvalue weighted by molar-refractivity contribution is 6.31. The first-order chi connectivity index (χ1) is 8.22. The second-order valence-corrected chi connectivity index (χ2v) is 4.31. The average molecular weight is 251 g/mol. The number of halogens is 1. The lowest BCUT2D eigenvalue weighted by Crippen LogP contribution is -2.30. The molecule has 5 heteroatoms. The highest BCUT2D eigenvalue weighted by Crippen LogP contribution is 2.24. The molecule has 0 aliphatic carbocycles. The maximum atomic E-state index is 6.15. The SMILES string of the molecule is Cn1ccnc1CC(NN)c1ccccc1Cl. The Bertz CT molecular complexity index is 495. The number of aryl methyl sites for hydroxylation is 1. The monoisotopic (exact) mass is 250 g/mol. The molecule has 1 atom stereocenters. The molecule has 1 unspecified atom stereocenters. The van der Waals surface area contributed by atoms with Crippen LogP contribution in [0.15, 0.2) is 36.7 Å². The predicted molar refractivity (Wildman–Crippen MR) is 68.4 cm³/mol. The van der Waals surface area contributed by atoms with Crippen molar-refractivity contribution in [2.24, 2.45) is 12.9 Å². The van der Waals surface area contributed by atoms with Gasteiger partial charge in [0.25, 0.3) is 0 Å². The lowest BCUT2D eigenvalue weighted by Gasteiger charge is -2.17. The Hall–Kier alpha value is -1.36. The summed E-state index contributed by atoms with van der Waals surface area (Å²) in [4.78, 5) is 4.28. The van der Waals surface area contributed by atoms with Gasteiger partial charge in [0.05, 0.1) is 6.04 Å². The van der Waals surface area contributed by atoms with Gasteiger partial charge in [0.15, 0.2) is 0 Å². The van der Waals surface area contributed by atoms with Crippen molar-refractivity contribution < 1.29 is 0 Å². The van der Waals surface area contributed by atoms with Gasteiger partial charge >= 0.3 is 0 Å². The predicted octanol–water partition coefficient (Wildman–Crippen LogP) is 1.82. The maximum Gasteiger partial charge on any atom is 0.110 e. The summed E-state index contributed by atoms with van der Waals surface area (Å²) in [5, 5.41) is 0.713. The number of nitrogens with zero attached hydrogens (tertiary/aromatic N) is 2. The molecule has 0 fully saturated rings. The van der Waals surface area contributed by atoms with Crippen molar-refractivity contribution in [2.45, 2.75) is 12.5 Å². The molecule has 0 spiro atoms. The van der Waals surface area contributed by atoms with Gasteiger partial charge < -0.3 is 4.57 Å². The highest BCUT2D eigenvalue weighted by Gasteiger charge is 2.15. The molecule has 3 N–H and O–H groups in total. The van der Waals surface area contributed by atoms with E-state index in [1.807, 2.05) is 42.1 Å². The number of nitrogens with two attached hydrogens (primary N) is 1. The number of benzene rings is 1. The quantitative estimate of drug-likeness (QED) is 0.643. The zero-order valence-corrected chi connectivity index (χ0v) is 10.4. The molecule has 4 nitrogen and oxygen atoms in total. The lowest BCUT2D eigenvalue weighted by molar-refractivity contribution is 0.530. The molecule has 2 rings (SSSR count). The molecule has 17 heavy (non-hydrogen) atoms. The van der Waals surface area contributed by atoms with Gasteiger partial charge in [-0.05, 0) is 11.6 Å². The van der Waals surface area contributed by atoms with Crippen LogP contribution in [0.4, 0.5) is 0 Å². The van der Waals surface area contributed by atoms with Crippen LogP contribution in [0, 0.1) is 0 Å². The molecular formula is C12H15ClN4. The molecule has 0 amide bonds. The Balaban J connectivity index is 2.23. The second-order valence-electron chi connectivity index (χ2n) is 3.90. The van der Waals surface area contributed by atoms with Crippen molar-refractivity contribution in [3.05, 3.63) is 53.1 Å². The summed E-state index contributed by atoms with van der Waals surface area (Å²) in [7, 11) is 1.96. The third kappa shape index (κ3) is 2.66. The van der Waals surface area contributed by atoms with Crippen molar-refractivity contribution in [2.75, 3.05) is 0 Å². The Kier molecular flexibility index (Phi) is 3.78. The normalized spacial score (nSPS) is 12.6. The van der Waals surface area contributed by atoms with Crippen molar-refractivity contribution >= 4 is 11.6 Å². The van der Waals surface area contributed by atoms with E-state index in [0.29, 0.717) is 11.4 Å². The van der Waals surface area contributed by atoms with E-state index < -0.39 is 0 Å². The van der Waals surface area contributed by atoms with Crippen LogP contribution in [0.3, 0.4) is 0 Å². The smallest absolute Gasteiger partial charge is 0.110 e. The largest absolute Gasteiger partial charge is 0.338 e. The number of imidazole rings is 1. The lowest BCUT2D eigenvalue weighted by atomic mass is 10.0. The second kappa shape index (κ2) is 5.31. The van der Waals surface area contributed by atoms with E-state index in [9.17, 15) is 0 Å². The number of hydrazine groups is 1. The zero-order valence-electron chi connectivity index (χ0n) is 9.60. The number of nitrogens with one attached hydrogen (secondary N) is 1. The minimum absolute atomic E-state index is 0.0372. The summed E-state index contributed by atoms with van der Waals surface area (Å²) in [6, 6.07) is 7.64. The molecule has 1 aromatic heterocycles. The van der Waals surface area contributed by atoms with Gasteiger partial charge in [-0.25, -0.2) is 4.98 Å². The summed E-state index contributed by atoms with van der Waals surface area (Å²) in [6.45, 7) is 0. The summed E-state index contributed by atoms with van der Waals surface area (Å²) >= 11 is 6.15. The molecule has 1 heterocycles. The standard InChI is InChI=1S/C12H15ClN4/c1-17-7-6-15-12(17)8-11(16-14)9-4-2-3-5-10(9)13/h2-7,11,16H,8,14H2,1H3. The van der Waals surface area contributed by atoms with Gasteiger partial charge in [0.1, 0.15) is 5.82 Å². The van der Waals surface area contributed by atoms with E-state index in [0.717, 1.165) is 11.4 Å². The minimum Gasteiger partial charge on any atom is -0.338 e. The molecule has 0 radical (unpaired) electrons. The number of hydrogen-bond donors (Lipinski definition) is 2. The van der Waals surface area contributed by atoms with Crippen LogP contribution in [-0.2, 0) is 13.5 Å². The summed E-state index contributed by atoms with van der Waals surface area (Å²) in [5.41, 5.74) is 3.77. The van der Waals surface area contributed by atoms with Crippen LogP contribution in [-0.4, -0.2) is 9.55 Å². The van der Waals surface area contributed by atoms with E-state index in [-0.39, 0.29) is 6.04 Å². The van der Waals surface area contributed by atoms with E-state index in [2.05, 4.69) is 10.4 Å². The Morgan fingerprint density at radius 2 is 2.24 bits per heavy atom. The molecule has 0 aliphatic heterocycles. The molecule has 0 aliphatic rings. The third-order valence-electron chi connectivity index (χ3n) is 2.79. The summed E-state index contributed by atoms with van der Waals surface area (Å²) in [5.74, 6) is 6.56. The van der Waals surface area contributed by atoms with Crippen LogP contribution in [0.2, 0.25) is 5.02 Å².